The van der Waals surface area contributed by atoms with Crippen LogP contribution in [0.25, 0.3) is 21.9 Å². The number of nitrogens with zero attached hydrogens (tertiary/aromatic N) is 2. The van der Waals surface area contributed by atoms with Gasteiger partial charge in [-0.1, -0.05) is 42.1 Å². The average Bonchev–Trinajstić information content (AvgIpc) is 3.16. The van der Waals surface area contributed by atoms with Gasteiger partial charge >= 0.3 is 11.9 Å². The summed E-state index contributed by atoms with van der Waals surface area (Å²) in [5, 5.41) is 1.92. The molecule has 1 aromatic heterocycles. The number of rotatable bonds is 4. The van der Waals surface area contributed by atoms with Gasteiger partial charge < -0.3 is 14.0 Å². The highest BCUT2D eigenvalue weighted by Crippen LogP contribution is 2.40. The van der Waals surface area contributed by atoms with Gasteiger partial charge in [-0.15, -0.1) is 0 Å². The molecule has 0 fully saturated rings. The van der Waals surface area contributed by atoms with E-state index < -0.39 is 11.9 Å². The number of methoxy groups -OCH3 is 2. The molecule has 0 N–H and O–H groups in total. The number of hydrogen-bond donors (Lipinski definition) is 0. The number of imidazole rings is 1. The van der Waals surface area contributed by atoms with Crippen LogP contribution in [0.1, 0.15) is 12.7 Å². The first-order valence-corrected chi connectivity index (χ1v) is 9.00. The number of esters is 2. The summed E-state index contributed by atoms with van der Waals surface area (Å²) in [6.07, 6.45) is 4.52. The van der Waals surface area contributed by atoms with E-state index in [9.17, 15) is 9.59 Å². The van der Waals surface area contributed by atoms with E-state index in [0.29, 0.717) is 10.7 Å². The van der Waals surface area contributed by atoms with Gasteiger partial charge in [0.25, 0.3) is 0 Å². The molecule has 1 aliphatic rings. The molecular formula is C20H18N2O4S. The summed E-state index contributed by atoms with van der Waals surface area (Å²) < 4.78 is 11.4. The molecule has 0 atom stereocenters. The highest BCUT2D eigenvalue weighted by atomic mass is 32.2. The minimum Gasteiger partial charge on any atom is -0.466 e. The highest BCUT2D eigenvalue weighted by Gasteiger charge is 2.24. The Kier molecular flexibility index (Phi) is 5.61. The summed E-state index contributed by atoms with van der Waals surface area (Å²) in [4.78, 5) is 29.1. The van der Waals surface area contributed by atoms with Crippen molar-refractivity contribution in [2.75, 3.05) is 14.2 Å². The molecule has 138 valence electrons. The van der Waals surface area contributed by atoms with Crippen molar-refractivity contribution in [3.63, 3.8) is 0 Å². The first-order valence-electron chi connectivity index (χ1n) is 8.12. The van der Waals surface area contributed by atoms with Crippen molar-refractivity contribution in [2.45, 2.75) is 6.92 Å². The van der Waals surface area contributed by atoms with Crippen LogP contribution in [0, 0.1) is 0 Å². The van der Waals surface area contributed by atoms with Crippen LogP contribution in [0.4, 0.5) is 0 Å². The summed E-state index contributed by atoms with van der Waals surface area (Å²) in [6.45, 7) is 1.96. The van der Waals surface area contributed by atoms with Gasteiger partial charge in [-0.05, 0) is 18.4 Å². The average molecular weight is 382 g/mol. The van der Waals surface area contributed by atoms with E-state index in [2.05, 4.69) is 4.74 Å². The van der Waals surface area contributed by atoms with E-state index in [0.717, 1.165) is 17.0 Å². The number of fused-ring (bicyclic) bond motifs is 1. The zero-order valence-corrected chi connectivity index (χ0v) is 15.9. The van der Waals surface area contributed by atoms with Crippen LogP contribution in [0.3, 0.4) is 0 Å². The quantitative estimate of drug-likeness (QED) is 0.593. The number of aromatic nitrogens is 2. The van der Waals surface area contributed by atoms with Gasteiger partial charge in [0.1, 0.15) is 0 Å². The lowest BCUT2D eigenvalue weighted by Crippen LogP contribution is -2.10. The largest absolute Gasteiger partial charge is 0.466 e. The third-order valence-electron chi connectivity index (χ3n) is 3.94. The zero-order chi connectivity index (χ0) is 19.4. The van der Waals surface area contributed by atoms with Gasteiger partial charge in [-0.3, -0.25) is 0 Å². The van der Waals surface area contributed by atoms with Crippen molar-refractivity contribution in [2.24, 2.45) is 0 Å². The van der Waals surface area contributed by atoms with Gasteiger partial charge in [0.2, 0.25) is 0 Å². The molecule has 1 aromatic carbocycles. The SMILES string of the molecule is COC(=O)/C=C/C(C(=O)OC)=C1/SC=C(C)n2cc(-c3ccccc3)nc21. The normalized spacial score (nSPS) is 15.1. The van der Waals surface area contributed by atoms with Crippen molar-refractivity contribution in [3.05, 3.63) is 65.5 Å². The number of allylic oxidation sites excluding steroid dienone is 1. The molecule has 0 bridgehead atoms. The Morgan fingerprint density at radius 1 is 1.11 bits per heavy atom. The fourth-order valence-electron chi connectivity index (χ4n) is 2.56. The van der Waals surface area contributed by atoms with Crippen molar-refractivity contribution in [1.82, 2.24) is 9.55 Å². The topological polar surface area (TPSA) is 70.4 Å². The monoisotopic (exact) mass is 382 g/mol. The standard InChI is InChI=1S/C20H18N2O4S/c1-13-12-27-18(15(20(24)26-3)9-10-17(23)25-2)19-21-16(11-22(13)19)14-7-5-4-6-8-14/h4-12H,1-3H3/b10-9+,18-15-. The molecule has 2 aromatic rings. The lowest BCUT2D eigenvalue weighted by atomic mass is 10.2. The second-order valence-electron chi connectivity index (χ2n) is 5.65. The Hall–Kier alpha value is -3.06. The van der Waals surface area contributed by atoms with Crippen LogP contribution in [-0.4, -0.2) is 35.7 Å². The first kappa shape index (κ1) is 18.7. The molecule has 6 nitrogen and oxygen atoms in total. The number of carbonyl (C=O) groups is 2. The predicted octanol–water partition coefficient (Wildman–Crippen LogP) is 3.73. The molecule has 2 heterocycles. The van der Waals surface area contributed by atoms with E-state index >= 15 is 0 Å². The molecule has 0 amide bonds. The number of hydrogen-bond acceptors (Lipinski definition) is 6. The van der Waals surface area contributed by atoms with Crippen LogP contribution in [0.15, 0.2) is 59.7 Å². The number of benzene rings is 1. The van der Waals surface area contributed by atoms with E-state index in [1.54, 1.807) is 0 Å². The van der Waals surface area contributed by atoms with Crippen LogP contribution in [0.5, 0.6) is 0 Å². The second kappa shape index (κ2) is 8.09. The van der Waals surface area contributed by atoms with Gasteiger partial charge in [0.15, 0.2) is 5.82 Å². The summed E-state index contributed by atoms with van der Waals surface area (Å²) in [7, 11) is 2.57. The van der Waals surface area contributed by atoms with Crippen molar-refractivity contribution >= 4 is 34.3 Å². The molecule has 27 heavy (non-hydrogen) atoms. The Balaban J connectivity index is 2.15. The Morgan fingerprint density at radius 2 is 1.85 bits per heavy atom. The molecule has 0 saturated heterocycles. The van der Waals surface area contributed by atoms with Gasteiger partial charge in [-0.25, -0.2) is 14.6 Å². The van der Waals surface area contributed by atoms with Gasteiger partial charge in [-0.2, -0.15) is 0 Å². The van der Waals surface area contributed by atoms with Crippen molar-refractivity contribution in [1.29, 1.82) is 0 Å². The van der Waals surface area contributed by atoms with E-state index in [1.165, 1.54) is 38.1 Å². The molecule has 0 spiro atoms. The fourth-order valence-corrected chi connectivity index (χ4v) is 3.49. The van der Waals surface area contributed by atoms with Crippen LogP contribution in [-0.2, 0) is 19.1 Å². The predicted molar refractivity (Wildman–Crippen MR) is 105 cm³/mol. The van der Waals surface area contributed by atoms with Crippen molar-refractivity contribution in [3.8, 4) is 11.3 Å². The van der Waals surface area contributed by atoms with Gasteiger partial charge in [0.05, 0.1) is 30.4 Å². The maximum atomic E-state index is 12.3. The summed E-state index contributed by atoms with van der Waals surface area (Å²) in [6, 6.07) is 9.78. The third-order valence-corrected chi connectivity index (χ3v) is 5.04. The number of ether oxygens (including phenoxy) is 2. The molecule has 0 saturated carbocycles. The molecular weight excluding hydrogens is 364 g/mol. The van der Waals surface area contributed by atoms with E-state index in [1.807, 2.05) is 53.4 Å². The molecule has 7 heteroatoms. The van der Waals surface area contributed by atoms with Gasteiger partial charge in [0, 0.05) is 23.5 Å². The second-order valence-corrected chi connectivity index (χ2v) is 6.53. The smallest absolute Gasteiger partial charge is 0.339 e. The van der Waals surface area contributed by atoms with Crippen molar-refractivity contribution < 1.29 is 19.1 Å². The zero-order valence-electron chi connectivity index (χ0n) is 15.1. The maximum absolute atomic E-state index is 12.3. The molecule has 3 rings (SSSR count). The fraction of sp³-hybridized carbons (Fsp3) is 0.150. The summed E-state index contributed by atoms with van der Waals surface area (Å²) in [5.74, 6) is -0.493. The number of thioether (sulfide) groups is 1. The van der Waals surface area contributed by atoms with Crippen LogP contribution >= 0.6 is 11.8 Å². The first-order chi connectivity index (χ1) is 13.0. The Morgan fingerprint density at radius 3 is 2.52 bits per heavy atom. The van der Waals surface area contributed by atoms with Crippen LogP contribution in [0.2, 0.25) is 0 Å². The molecule has 0 aliphatic carbocycles. The summed E-state index contributed by atoms with van der Waals surface area (Å²) >= 11 is 1.36. The Labute approximate surface area is 161 Å². The summed E-state index contributed by atoms with van der Waals surface area (Å²) in [5.41, 5.74) is 2.98. The van der Waals surface area contributed by atoms with Crippen LogP contribution < -0.4 is 0 Å². The minimum absolute atomic E-state index is 0.239. The third kappa shape index (κ3) is 3.88. The highest BCUT2D eigenvalue weighted by molar-refractivity contribution is 8.11. The van der Waals surface area contributed by atoms with E-state index in [-0.39, 0.29) is 5.57 Å². The lowest BCUT2D eigenvalue weighted by molar-refractivity contribution is -0.135. The molecule has 0 unspecified atom stereocenters. The van der Waals surface area contributed by atoms with E-state index in [4.69, 9.17) is 9.72 Å². The Bertz CT molecular complexity index is 971. The number of carbonyl (C=O) groups excluding carboxylic acids is 2. The maximum Gasteiger partial charge on any atom is 0.339 e. The molecule has 0 radical (unpaired) electrons. The lowest BCUT2D eigenvalue weighted by Gasteiger charge is -2.17. The molecule has 1 aliphatic heterocycles. The minimum atomic E-state index is -0.558.